The maximum absolute atomic E-state index is 12.3. The van der Waals surface area contributed by atoms with Crippen molar-refractivity contribution in [3.8, 4) is 0 Å². The second-order valence-electron chi connectivity index (χ2n) is 6.16. The van der Waals surface area contributed by atoms with E-state index in [-0.39, 0.29) is 16.6 Å². The zero-order valence-corrected chi connectivity index (χ0v) is 14.1. The fourth-order valence-corrected chi connectivity index (χ4v) is 1.95. The maximum Gasteiger partial charge on any atom is 0.252 e. The number of hydrogen-bond donors (Lipinski definition) is 2. The van der Waals surface area contributed by atoms with Crippen molar-refractivity contribution in [2.24, 2.45) is 5.92 Å². The largest absolute Gasteiger partial charge is 0.331 e. The van der Waals surface area contributed by atoms with Gasteiger partial charge in [-0.1, -0.05) is 27.7 Å². The Morgan fingerprint density at radius 2 is 1.80 bits per heavy atom. The van der Waals surface area contributed by atoms with Crippen LogP contribution in [0.1, 0.15) is 47.5 Å². The van der Waals surface area contributed by atoms with Crippen molar-refractivity contribution < 1.29 is 14.4 Å². The molecule has 1 unspecified atom stereocenters. The van der Waals surface area contributed by atoms with E-state index in [1.807, 2.05) is 27.7 Å². The van der Waals surface area contributed by atoms with Crippen molar-refractivity contribution in [2.75, 3.05) is 7.05 Å². The molecule has 20 heavy (non-hydrogen) atoms. The third-order valence-electron chi connectivity index (χ3n) is 3.80. The summed E-state index contributed by atoms with van der Waals surface area (Å²) in [6.45, 7) is 9.22. The first-order valence-corrected chi connectivity index (χ1v) is 7.15. The highest BCUT2D eigenvalue weighted by Gasteiger charge is 2.42. The average molecular weight is 302 g/mol. The molecule has 0 aliphatic heterocycles. The molecule has 0 saturated carbocycles. The van der Waals surface area contributed by atoms with Gasteiger partial charge in [0.15, 0.2) is 0 Å². The lowest BCUT2D eigenvalue weighted by molar-refractivity contribution is -0.148. The van der Waals surface area contributed by atoms with E-state index < -0.39 is 11.4 Å². The molecule has 0 rings (SSSR count). The number of imide groups is 1. The predicted octanol–water partition coefficient (Wildman–Crippen LogP) is 1.62. The van der Waals surface area contributed by atoms with Crippen LogP contribution in [-0.4, -0.2) is 40.5 Å². The number of rotatable bonds is 7. The van der Waals surface area contributed by atoms with Gasteiger partial charge in [0.05, 0.1) is 0 Å². The minimum atomic E-state index is -1.06. The fraction of sp³-hybridized carbons (Fsp3) is 0.786. The number of thiol groups is 1. The van der Waals surface area contributed by atoms with Crippen LogP contribution in [0.3, 0.4) is 0 Å². The van der Waals surface area contributed by atoms with Crippen LogP contribution >= 0.6 is 12.6 Å². The van der Waals surface area contributed by atoms with E-state index in [9.17, 15) is 14.4 Å². The molecule has 0 radical (unpaired) electrons. The Bertz CT molecular complexity index is 377. The number of nitrogens with one attached hydrogen (secondary N) is 1. The van der Waals surface area contributed by atoms with Gasteiger partial charge in [-0.15, -0.1) is 0 Å². The van der Waals surface area contributed by atoms with Crippen LogP contribution in [0, 0.1) is 5.92 Å². The highest BCUT2D eigenvalue weighted by atomic mass is 32.1. The molecule has 0 saturated heterocycles. The zero-order valence-electron chi connectivity index (χ0n) is 13.2. The third kappa shape index (κ3) is 4.81. The summed E-state index contributed by atoms with van der Waals surface area (Å²) in [5, 5.41) is 2.15. The Balaban J connectivity index is 5.06. The molecular weight excluding hydrogens is 276 g/mol. The molecule has 0 spiro atoms. The summed E-state index contributed by atoms with van der Waals surface area (Å²) in [5.41, 5.74) is -1.06. The molecular formula is C14H26N2O3S. The zero-order chi connectivity index (χ0) is 16.1. The molecule has 5 nitrogen and oxygen atoms in total. The second kappa shape index (κ2) is 7.11. The monoisotopic (exact) mass is 302 g/mol. The van der Waals surface area contributed by atoms with Crippen LogP contribution in [0.2, 0.25) is 0 Å². The highest BCUT2D eigenvalue weighted by molar-refractivity contribution is 7.81. The van der Waals surface area contributed by atoms with E-state index in [1.54, 1.807) is 14.0 Å². The Kier molecular flexibility index (Phi) is 6.74. The Labute approximate surface area is 126 Å². The molecule has 3 amide bonds. The maximum atomic E-state index is 12.3. The number of hydrogen-bond acceptors (Lipinski definition) is 4. The van der Waals surface area contributed by atoms with Crippen molar-refractivity contribution in [1.82, 2.24) is 10.2 Å². The van der Waals surface area contributed by atoms with Crippen LogP contribution in [0.4, 0.5) is 0 Å². The topological polar surface area (TPSA) is 66.5 Å². The summed E-state index contributed by atoms with van der Waals surface area (Å²) < 4.78 is -0.240. The van der Waals surface area contributed by atoms with Crippen LogP contribution in [0.5, 0.6) is 0 Å². The van der Waals surface area contributed by atoms with Gasteiger partial charge in [0.1, 0.15) is 5.54 Å². The van der Waals surface area contributed by atoms with Gasteiger partial charge < -0.3 is 4.90 Å². The van der Waals surface area contributed by atoms with Crippen molar-refractivity contribution >= 4 is 30.9 Å². The first-order valence-electron chi connectivity index (χ1n) is 6.70. The number of carbonyl (C=O) groups excluding carboxylic acids is 3. The van der Waals surface area contributed by atoms with Gasteiger partial charge in [-0.3, -0.25) is 19.7 Å². The average Bonchev–Trinajstić information content (AvgIpc) is 2.32. The van der Waals surface area contributed by atoms with Gasteiger partial charge >= 0.3 is 0 Å². The van der Waals surface area contributed by atoms with Gasteiger partial charge in [-0.2, -0.15) is 12.6 Å². The van der Waals surface area contributed by atoms with Crippen LogP contribution < -0.4 is 5.32 Å². The van der Waals surface area contributed by atoms with Gasteiger partial charge in [0.25, 0.3) is 5.91 Å². The normalized spacial score (nSPS) is 14.6. The summed E-state index contributed by atoms with van der Waals surface area (Å²) in [5.74, 6) is -0.728. The number of likely N-dealkylation sites (N-methyl/N-ethyl adjacent to an activating group) is 1. The Hall–Kier alpha value is -1.04. The molecule has 0 aliphatic carbocycles. The van der Waals surface area contributed by atoms with Crippen LogP contribution in [0.25, 0.3) is 0 Å². The number of amides is 3. The number of carbonyl (C=O) groups is 3. The molecule has 0 bridgehead atoms. The molecule has 0 fully saturated rings. The summed E-state index contributed by atoms with van der Waals surface area (Å²) in [6.07, 6.45) is 1.27. The second-order valence-corrected chi connectivity index (χ2v) is 7.37. The van der Waals surface area contributed by atoms with Gasteiger partial charge in [0.2, 0.25) is 12.3 Å². The molecule has 0 heterocycles. The van der Waals surface area contributed by atoms with Crippen molar-refractivity contribution in [2.45, 2.75) is 57.7 Å². The summed E-state index contributed by atoms with van der Waals surface area (Å²) in [6, 6.07) is 0. The molecule has 0 aromatic rings. The SMILES string of the molecule is CC(C)C(C)(C(=O)NC=O)N(C)C(=O)CCC(C)(C)S. The molecule has 0 aromatic carbocycles. The minimum Gasteiger partial charge on any atom is -0.331 e. The van der Waals surface area contributed by atoms with Gasteiger partial charge in [-0.25, -0.2) is 0 Å². The van der Waals surface area contributed by atoms with E-state index in [4.69, 9.17) is 0 Å². The standard InChI is InChI=1S/C14H26N2O3S/c1-10(2)14(5,12(19)15-9-17)16(6)11(18)7-8-13(3,4)20/h9-10,20H,7-8H2,1-6H3,(H,15,17,19). The Morgan fingerprint density at radius 3 is 2.15 bits per heavy atom. The predicted molar refractivity (Wildman–Crippen MR) is 82.5 cm³/mol. The highest BCUT2D eigenvalue weighted by Crippen LogP contribution is 2.26. The van der Waals surface area contributed by atoms with E-state index >= 15 is 0 Å². The van der Waals surface area contributed by atoms with Crippen LogP contribution in [-0.2, 0) is 14.4 Å². The molecule has 116 valence electrons. The minimum absolute atomic E-state index is 0.125. The lowest BCUT2D eigenvalue weighted by atomic mass is 9.85. The number of nitrogens with zero attached hydrogens (tertiary/aromatic N) is 1. The molecule has 1 atom stereocenters. The molecule has 0 aliphatic rings. The lowest BCUT2D eigenvalue weighted by Crippen LogP contribution is -2.60. The van der Waals surface area contributed by atoms with E-state index in [0.717, 1.165) is 0 Å². The smallest absolute Gasteiger partial charge is 0.252 e. The summed E-state index contributed by atoms with van der Waals surface area (Å²) >= 11 is 4.39. The van der Waals surface area contributed by atoms with E-state index in [1.165, 1.54) is 4.90 Å². The van der Waals surface area contributed by atoms with Crippen LogP contribution in [0.15, 0.2) is 0 Å². The van der Waals surface area contributed by atoms with E-state index in [2.05, 4.69) is 17.9 Å². The lowest BCUT2D eigenvalue weighted by Gasteiger charge is -2.40. The van der Waals surface area contributed by atoms with Crippen molar-refractivity contribution in [3.05, 3.63) is 0 Å². The molecule has 0 aromatic heterocycles. The van der Waals surface area contributed by atoms with Crippen molar-refractivity contribution in [1.29, 1.82) is 0 Å². The van der Waals surface area contributed by atoms with Gasteiger partial charge in [-0.05, 0) is 19.3 Å². The quantitative estimate of drug-likeness (QED) is 0.555. The molecule has 6 heteroatoms. The summed E-state index contributed by atoms with van der Waals surface area (Å²) in [4.78, 5) is 36.3. The first kappa shape index (κ1) is 19.0. The first-order chi connectivity index (χ1) is 8.96. The third-order valence-corrected chi connectivity index (χ3v) is 4.02. The summed E-state index contributed by atoms with van der Waals surface area (Å²) in [7, 11) is 1.60. The van der Waals surface area contributed by atoms with Gasteiger partial charge in [0, 0.05) is 18.2 Å². The Morgan fingerprint density at radius 1 is 1.30 bits per heavy atom. The molecule has 1 N–H and O–H groups in total. The fourth-order valence-electron chi connectivity index (χ4n) is 1.84. The van der Waals surface area contributed by atoms with E-state index in [0.29, 0.717) is 19.3 Å². The van der Waals surface area contributed by atoms with Crippen molar-refractivity contribution in [3.63, 3.8) is 0 Å².